The fourth-order valence-electron chi connectivity index (χ4n) is 2.94. The van der Waals surface area contributed by atoms with Crippen LogP contribution in [-0.2, 0) is 9.59 Å². The van der Waals surface area contributed by atoms with Crippen LogP contribution in [0.15, 0.2) is 0 Å². The number of nitrogens with zero attached hydrogens (tertiary/aromatic N) is 2. The molecule has 0 spiro atoms. The fraction of sp³-hybridized carbons (Fsp3) is 0.846. The zero-order chi connectivity index (χ0) is 13.3. The lowest BCUT2D eigenvalue weighted by atomic mass is 9.98. The van der Waals surface area contributed by atoms with E-state index in [4.69, 9.17) is 0 Å². The van der Waals surface area contributed by atoms with E-state index in [1.165, 1.54) is 0 Å². The van der Waals surface area contributed by atoms with Crippen LogP contribution < -0.4 is 5.32 Å². The molecule has 5 nitrogen and oxygen atoms in total. The van der Waals surface area contributed by atoms with Crippen LogP contribution in [0.2, 0.25) is 0 Å². The van der Waals surface area contributed by atoms with Gasteiger partial charge in [0, 0.05) is 33.2 Å². The Morgan fingerprint density at radius 2 is 1.83 bits per heavy atom. The molecule has 18 heavy (non-hydrogen) atoms. The second-order valence-electron chi connectivity index (χ2n) is 5.62. The maximum atomic E-state index is 12.3. The average Bonchev–Trinajstić information content (AvgIpc) is 2.96. The van der Waals surface area contributed by atoms with Gasteiger partial charge in [-0.2, -0.15) is 0 Å². The topological polar surface area (TPSA) is 52.7 Å². The first-order chi connectivity index (χ1) is 8.50. The van der Waals surface area contributed by atoms with Crippen molar-refractivity contribution in [2.45, 2.75) is 38.3 Å². The van der Waals surface area contributed by atoms with Crippen molar-refractivity contribution in [1.82, 2.24) is 15.1 Å². The molecular formula is C13H23N3O2. The Balaban J connectivity index is 1.97. The van der Waals surface area contributed by atoms with E-state index >= 15 is 0 Å². The van der Waals surface area contributed by atoms with Crippen molar-refractivity contribution in [2.24, 2.45) is 5.92 Å². The molecule has 0 saturated carbocycles. The highest BCUT2D eigenvalue weighted by Gasteiger charge is 2.41. The molecule has 0 unspecified atom stereocenters. The van der Waals surface area contributed by atoms with Crippen LogP contribution >= 0.6 is 0 Å². The highest BCUT2D eigenvalue weighted by molar-refractivity contribution is 5.86. The van der Waals surface area contributed by atoms with Crippen molar-refractivity contribution in [3.63, 3.8) is 0 Å². The SMILES string of the molecule is C[C@@H]1N[C@H](C(=O)N2CCCC2)C[C@@H]1C(=O)N(C)C. The number of nitrogens with one attached hydrogen (secondary N) is 1. The van der Waals surface area contributed by atoms with Crippen molar-refractivity contribution in [2.75, 3.05) is 27.2 Å². The lowest BCUT2D eigenvalue weighted by molar-refractivity contribution is -0.133. The number of hydrogen-bond acceptors (Lipinski definition) is 3. The van der Waals surface area contributed by atoms with Crippen LogP contribution in [0, 0.1) is 5.92 Å². The molecule has 1 N–H and O–H groups in total. The van der Waals surface area contributed by atoms with Gasteiger partial charge in [-0.25, -0.2) is 0 Å². The third kappa shape index (κ3) is 2.51. The van der Waals surface area contributed by atoms with E-state index in [9.17, 15) is 9.59 Å². The molecular weight excluding hydrogens is 230 g/mol. The molecule has 0 aromatic heterocycles. The van der Waals surface area contributed by atoms with Crippen molar-refractivity contribution in [3.8, 4) is 0 Å². The molecule has 2 saturated heterocycles. The van der Waals surface area contributed by atoms with Gasteiger partial charge >= 0.3 is 0 Å². The van der Waals surface area contributed by atoms with Gasteiger partial charge in [0.05, 0.1) is 12.0 Å². The largest absolute Gasteiger partial charge is 0.349 e. The Hall–Kier alpha value is -1.10. The van der Waals surface area contributed by atoms with E-state index in [1.807, 2.05) is 11.8 Å². The molecule has 0 bridgehead atoms. The van der Waals surface area contributed by atoms with Crippen molar-refractivity contribution in [1.29, 1.82) is 0 Å². The fourth-order valence-corrected chi connectivity index (χ4v) is 2.94. The third-order valence-corrected chi connectivity index (χ3v) is 4.03. The monoisotopic (exact) mass is 253 g/mol. The van der Waals surface area contributed by atoms with Crippen LogP contribution in [0.3, 0.4) is 0 Å². The number of amides is 2. The molecule has 2 amide bonds. The predicted molar refractivity (Wildman–Crippen MR) is 69.0 cm³/mol. The van der Waals surface area contributed by atoms with Crippen LogP contribution in [0.1, 0.15) is 26.2 Å². The number of carbonyl (C=O) groups excluding carboxylic acids is 2. The first kappa shape index (κ1) is 13.3. The predicted octanol–water partition coefficient (Wildman–Crippen LogP) is 0.0636. The molecule has 0 aromatic carbocycles. The van der Waals surface area contributed by atoms with E-state index in [0.717, 1.165) is 25.9 Å². The number of hydrogen-bond donors (Lipinski definition) is 1. The minimum Gasteiger partial charge on any atom is -0.349 e. The van der Waals surface area contributed by atoms with Crippen LogP contribution in [0.5, 0.6) is 0 Å². The summed E-state index contributed by atoms with van der Waals surface area (Å²) in [6, 6.07) is -0.0940. The summed E-state index contributed by atoms with van der Waals surface area (Å²) in [5.74, 6) is 0.219. The molecule has 2 rings (SSSR count). The first-order valence-corrected chi connectivity index (χ1v) is 6.76. The van der Waals surface area contributed by atoms with Gasteiger partial charge in [-0.3, -0.25) is 9.59 Å². The molecule has 2 aliphatic rings. The Morgan fingerprint density at radius 3 is 2.39 bits per heavy atom. The van der Waals surface area contributed by atoms with Gasteiger partial charge in [0.15, 0.2) is 0 Å². The summed E-state index contributed by atoms with van der Waals surface area (Å²) in [6.07, 6.45) is 2.84. The lowest BCUT2D eigenvalue weighted by Gasteiger charge is -2.20. The molecule has 2 heterocycles. The second-order valence-corrected chi connectivity index (χ2v) is 5.62. The van der Waals surface area contributed by atoms with Crippen LogP contribution in [-0.4, -0.2) is 60.9 Å². The molecule has 0 radical (unpaired) electrons. The Morgan fingerprint density at radius 1 is 1.22 bits per heavy atom. The zero-order valence-corrected chi connectivity index (χ0v) is 11.5. The second kappa shape index (κ2) is 5.26. The summed E-state index contributed by atoms with van der Waals surface area (Å²) in [7, 11) is 3.54. The maximum absolute atomic E-state index is 12.3. The van der Waals surface area contributed by atoms with Crippen LogP contribution in [0.4, 0.5) is 0 Å². The molecule has 0 aliphatic carbocycles. The van der Waals surface area contributed by atoms with Crippen molar-refractivity contribution in [3.05, 3.63) is 0 Å². The molecule has 2 aliphatic heterocycles. The summed E-state index contributed by atoms with van der Waals surface area (Å²) in [5.41, 5.74) is 0. The number of rotatable bonds is 2. The van der Waals surface area contributed by atoms with Gasteiger partial charge in [-0.1, -0.05) is 0 Å². The van der Waals surface area contributed by atoms with Gasteiger partial charge in [0.1, 0.15) is 0 Å². The molecule has 3 atom stereocenters. The molecule has 5 heteroatoms. The van der Waals surface area contributed by atoms with Gasteiger partial charge in [-0.05, 0) is 26.2 Å². The number of likely N-dealkylation sites (tertiary alicyclic amines) is 1. The standard InChI is InChI=1S/C13H23N3O2/c1-9-10(12(17)15(2)3)8-11(14-9)13(18)16-6-4-5-7-16/h9-11,14H,4-8H2,1-3H3/t9-,10-,11-/m0/s1. The Kier molecular flexibility index (Phi) is 3.90. The highest BCUT2D eigenvalue weighted by Crippen LogP contribution is 2.24. The van der Waals surface area contributed by atoms with E-state index in [0.29, 0.717) is 6.42 Å². The van der Waals surface area contributed by atoms with Gasteiger partial charge < -0.3 is 15.1 Å². The van der Waals surface area contributed by atoms with E-state index < -0.39 is 0 Å². The maximum Gasteiger partial charge on any atom is 0.239 e. The first-order valence-electron chi connectivity index (χ1n) is 6.76. The Bertz CT molecular complexity index is 337. The summed E-state index contributed by atoms with van der Waals surface area (Å²) < 4.78 is 0. The summed E-state index contributed by atoms with van der Waals surface area (Å²) in [5, 5.41) is 3.28. The van der Waals surface area contributed by atoms with Crippen molar-refractivity contribution >= 4 is 11.8 Å². The molecule has 2 fully saturated rings. The minimum absolute atomic E-state index is 0.0726. The number of carbonyl (C=O) groups is 2. The van der Waals surface area contributed by atoms with Gasteiger partial charge in [-0.15, -0.1) is 0 Å². The van der Waals surface area contributed by atoms with E-state index in [-0.39, 0.29) is 29.8 Å². The molecule has 0 aromatic rings. The smallest absolute Gasteiger partial charge is 0.239 e. The summed E-state index contributed by atoms with van der Waals surface area (Å²) >= 11 is 0. The average molecular weight is 253 g/mol. The van der Waals surface area contributed by atoms with E-state index in [1.54, 1.807) is 19.0 Å². The summed E-state index contributed by atoms with van der Waals surface area (Å²) in [6.45, 7) is 3.73. The molecule has 102 valence electrons. The quantitative estimate of drug-likeness (QED) is 0.757. The van der Waals surface area contributed by atoms with Crippen LogP contribution in [0.25, 0.3) is 0 Å². The van der Waals surface area contributed by atoms with E-state index in [2.05, 4.69) is 5.32 Å². The highest BCUT2D eigenvalue weighted by atomic mass is 16.2. The normalized spacial score (nSPS) is 31.7. The van der Waals surface area contributed by atoms with Gasteiger partial charge in [0.2, 0.25) is 11.8 Å². The van der Waals surface area contributed by atoms with Gasteiger partial charge in [0.25, 0.3) is 0 Å². The minimum atomic E-state index is -0.174. The Labute approximate surface area is 108 Å². The lowest BCUT2D eigenvalue weighted by Crippen LogP contribution is -2.43. The van der Waals surface area contributed by atoms with Crippen molar-refractivity contribution < 1.29 is 9.59 Å². The summed E-state index contributed by atoms with van der Waals surface area (Å²) in [4.78, 5) is 27.8. The third-order valence-electron chi connectivity index (χ3n) is 4.03. The zero-order valence-electron chi connectivity index (χ0n) is 11.5.